The number of benzene rings is 1. The molecule has 0 unspecified atom stereocenters. The number of nitrogens with zero attached hydrogens (tertiary/aromatic N) is 1. The van der Waals surface area contributed by atoms with E-state index in [1.165, 1.54) is 12.8 Å². The van der Waals surface area contributed by atoms with E-state index in [1.807, 2.05) is 6.07 Å². The first-order valence-corrected chi connectivity index (χ1v) is 7.50. The average Bonchev–Trinajstić information content (AvgIpc) is 3.23. The Kier molecular flexibility index (Phi) is 5.49. The number of anilines is 1. The van der Waals surface area contributed by atoms with Crippen molar-refractivity contribution in [1.29, 1.82) is 0 Å². The Morgan fingerprint density at radius 2 is 2.21 bits per heavy atom. The molecule has 2 N–H and O–H groups in total. The highest BCUT2D eigenvalue weighted by Gasteiger charge is 2.20. The molecular formula is C15H23ClN2O. The SMILES string of the molecule is CCN(CCCO)c1ccc(CNC2CC2)c(Cl)c1. The highest BCUT2D eigenvalue weighted by molar-refractivity contribution is 6.31. The summed E-state index contributed by atoms with van der Waals surface area (Å²) < 4.78 is 0. The van der Waals surface area contributed by atoms with Gasteiger partial charge in [-0.25, -0.2) is 0 Å². The second-order valence-electron chi connectivity index (χ2n) is 5.09. The lowest BCUT2D eigenvalue weighted by Crippen LogP contribution is -2.24. The van der Waals surface area contributed by atoms with Crippen molar-refractivity contribution >= 4 is 17.3 Å². The Morgan fingerprint density at radius 3 is 2.79 bits per heavy atom. The number of aliphatic hydroxyl groups is 1. The van der Waals surface area contributed by atoms with E-state index >= 15 is 0 Å². The lowest BCUT2D eigenvalue weighted by Gasteiger charge is -2.23. The van der Waals surface area contributed by atoms with Crippen molar-refractivity contribution in [3.63, 3.8) is 0 Å². The van der Waals surface area contributed by atoms with Crippen LogP contribution in [0.25, 0.3) is 0 Å². The molecule has 1 aromatic rings. The summed E-state index contributed by atoms with van der Waals surface area (Å²) in [6.45, 7) is 4.99. The maximum atomic E-state index is 8.92. The van der Waals surface area contributed by atoms with Crippen LogP contribution in [0.4, 0.5) is 5.69 Å². The Balaban J connectivity index is 1.98. The zero-order chi connectivity index (χ0) is 13.7. The van der Waals surface area contributed by atoms with E-state index in [2.05, 4.69) is 29.3 Å². The Labute approximate surface area is 120 Å². The zero-order valence-electron chi connectivity index (χ0n) is 11.5. The first kappa shape index (κ1) is 14.6. The number of nitrogens with one attached hydrogen (secondary N) is 1. The van der Waals surface area contributed by atoms with Crippen LogP contribution >= 0.6 is 11.6 Å². The maximum Gasteiger partial charge on any atom is 0.0471 e. The highest BCUT2D eigenvalue weighted by Crippen LogP contribution is 2.25. The minimum atomic E-state index is 0.230. The summed E-state index contributed by atoms with van der Waals surface area (Å²) in [6, 6.07) is 6.96. The fourth-order valence-electron chi connectivity index (χ4n) is 2.15. The smallest absolute Gasteiger partial charge is 0.0471 e. The van der Waals surface area contributed by atoms with Gasteiger partial charge in [0.25, 0.3) is 0 Å². The number of aliphatic hydroxyl groups excluding tert-OH is 1. The van der Waals surface area contributed by atoms with Crippen molar-refractivity contribution in [3.8, 4) is 0 Å². The van der Waals surface area contributed by atoms with Gasteiger partial charge in [0.2, 0.25) is 0 Å². The third-order valence-electron chi connectivity index (χ3n) is 3.53. The van der Waals surface area contributed by atoms with Gasteiger partial charge in [-0.3, -0.25) is 0 Å². The van der Waals surface area contributed by atoms with Gasteiger partial charge >= 0.3 is 0 Å². The van der Waals surface area contributed by atoms with E-state index in [-0.39, 0.29) is 6.61 Å². The number of halogens is 1. The Morgan fingerprint density at radius 1 is 1.42 bits per heavy atom. The summed E-state index contributed by atoms with van der Waals surface area (Å²) in [6.07, 6.45) is 3.37. The molecule has 0 amide bonds. The van der Waals surface area contributed by atoms with Gasteiger partial charge in [-0.1, -0.05) is 17.7 Å². The van der Waals surface area contributed by atoms with Gasteiger partial charge in [-0.15, -0.1) is 0 Å². The Hall–Kier alpha value is -0.770. The van der Waals surface area contributed by atoms with Crippen LogP contribution in [-0.4, -0.2) is 30.8 Å². The van der Waals surface area contributed by atoms with Gasteiger partial charge < -0.3 is 15.3 Å². The number of rotatable bonds is 8. The predicted molar refractivity (Wildman–Crippen MR) is 80.9 cm³/mol. The van der Waals surface area contributed by atoms with Gasteiger partial charge in [0.05, 0.1) is 0 Å². The molecule has 1 fully saturated rings. The standard InChI is InChI=1S/C15H23ClN2O/c1-2-18(8-3-9-19)14-7-4-12(15(16)10-14)11-17-13-5-6-13/h4,7,10,13,17,19H,2-3,5-6,8-9,11H2,1H3. The normalized spacial score (nSPS) is 14.7. The van der Waals surface area contributed by atoms with Crippen molar-refractivity contribution in [3.05, 3.63) is 28.8 Å². The topological polar surface area (TPSA) is 35.5 Å². The van der Waals surface area contributed by atoms with Crippen LogP contribution < -0.4 is 10.2 Å². The molecule has 2 rings (SSSR count). The lowest BCUT2D eigenvalue weighted by atomic mass is 10.2. The summed E-state index contributed by atoms with van der Waals surface area (Å²) in [5.74, 6) is 0. The van der Waals surface area contributed by atoms with E-state index in [0.29, 0.717) is 6.04 Å². The highest BCUT2D eigenvalue weighted by atomic mass is 35.5. The van der Waals surface area contributed by atoms with Crippen LogP contribution in [0.2, 0.25) is 5.02 Å². The van der Waals surface area contributed by atoms with E-state index < -0.39 is 0 Å². The monoisotopic (exact) mass is 282 g/mol. The van der Waals surface area contributed by atoms with Crippen LogP contribution in [-0.2, 0) is 6.54 Å². The van der Waals surface area contributed by atoms with Crippen LogP contribution in [0.3, 0.4) is 0 Å². The quantitative estimate of drug-likeness (QED) is 0.770. The molecule has 1 aromatic carbocycles. The molecule has 0 atom stereocenters. The molecule has 0 saturated heterocycles. The molecule has 0 bridgehead atoms. The van der Waals surface area contributed by atoms with E-state index in [1.54, 1.807) is 0 Å². The van der Waals surface area contributed by atoms with Crippen molar-refractivity contribution in [2.24, 2.45) is 0 Å². The van der Waals surface area contributed by atoms with Crippen molar-refractivity contribution in [2.75, 3.05) is 24.6 Å². The van der Waals surface area contributed by atoms with Gasteiger partial charge in [-0.05, 0) is 43.9 Å². The van der Waals surface area contributed by atoms with E-state index in [4.69, 9.17) is 16.7 Å². The third-order valence-corrected chi connectivity index (χ3v) is 3.88. The van der Waals surface area contributed by atoms with Crippen molar-refractivity contribution in [1.82, 2.24) is 5.32 Å². The summed E-state index contributed by atoms with van der Waals surface area (Å²) in [7, 11) is 0. The van der Waals surface area contributed by atoms with Gasteiger partial charge in [0.15, 0.2) is 0 Å². The van der Waals surface area contributed by atoms with Crippen molar-refractivity contribution < 1.29 is 5.11 Å². The molecule has 0 radical (unpaired) electrons. The second-order valence-corrected chi connectivity index (χ2v) is 5.49. The minimum absolute atomic E-state index is 0.230. The molecule has 1 saturated carbocycles. The first-order valence-electron chi connectivity index (χ1n) is 7.12. The molecular weight excluding hydrogens is 260 g/mol. The van der Waals surface area contributed by atoms with Crippen LogP contribution in [0, 0.1) is 0 Å². The number of hydrogen-bond acceptors (Lipinski definition) is 3. The number of hydrogen-bond donors (Lipinski definition) is 2. The first-order chi connectivity index (χ1) is 9.24. The van der Waals surface area contributed by atoms with E-state index in [9.17, 15) is 0 Å². The molecule has 106 valence electrons. The molecule has 0 spiro atoms. The zero-order valence-corrected chi connectivity index (χ0v) is 12.3. The summed E-state index contributed by atoms with van der Waals surface area (Å²) in [4.78, 5) is 2.24. The van der Waals surface area contributed by atoms with Gasteiger partial charge in [-0.2, -0.15) is 0 Å². The van der Waals surface area contributed by atoms with Gasteiger partial charge in [0.1, 0.15) is 0 Å². The summed E-state index contributed by atoms with van der Waals surface area (Å²) >= 11 is 6.35. The fraction of sp³-hybridized carbons (Fsp3) is 0.600. The van der Waals surface area contributed by atoms with Crippen LogP contribution in [0.5, 0.6) is 0 Å². The fourth-order valence-corrected chi connectivity index (χ4v) is 2.39. The molecule has 1 aliphatic rings. The molecule has 1 aliphatic carbocycles. The van der Waals surface area contributed by atoms with Gasteiger partial charge in [0, 0.05) is 43.0 Å². The van der Waals surface area contributed by atoms with Crippen molar-refractivity contribution in [2.45, 2.75) is 38.8 Å². The molecule has 0 aliphatic heterocycles. The van der Waals surface area contributed by atoms with Crippen LogP contribution in [0.15, 0.2) is 18.2 Å². The molecule has 19 heavy (non-hydrogen) atoms. The summed E-state index contributed by atoms with van der Waals surface area (Å²) in [5.41, 5.74) is 2.30. The molecule has 3 nitrogen and oxygen atoms in total. The minimum Gasteiger partial charge on any atom is -0.396 e. The summed E-state index contributed by atoms with van der Waals surface area (Å²) in [5, 5.41) is 13.2. The predicted octanol–water partition coefficient (Wildman–Crippen LogP) is 2.80. The second kappa shape index (κ2) is 7.13. The maximum absolute atomic E-state index is 8.92. The van der Waals surface area contributed by atoms with Crippen LogP contribution in [0.1, 0.15) is 31.7 Å². The molecule has 0 heterocycles. The average molecular weight is 283 g/mol. The molecule has 0 aromatic heterocycles. The lowest BCUT2D eigenvalue weighted by molar-refractivity contribution is 0.289. The molecule has 4 heteroatoms. The van der Waals surface area contributed by atoms with E-state index in [0.717, 1.165) is 42.3 Å². The largest absolute Gasteiger partial charge is 0.396 e. The Bertz CT molecular complexity index is 407. The third kappa shape index (κ3) is 4.37.